The van der Waals surface area contributed by atoms with Crippen molar-refractivity contribution in [1.82, 2.24) is 0 Å². The lowest BCUT2D eigenvalue weighted by atomic mass is 9.79. The lowest BCUT2D eigenvalue weighted by Gasteiger charge is -2.43. The Bertz CT molecular complexity index is 533. The predicted molar refractivity (Wildman–Crippen MR) is 81.1 cm³/mol. The Morgan fingerprint density at radius 2 is 2.14 bits per heavy atom. The molecular formula is C17H22N2O2. The summed E-state index contributed by atoms with van der Waals surface area (Å²) in [6.07, 6.45) is 2.93. The van der Waals surface area contributed by atoms with E-state index < -0.39 is 5.60 Å². The van der Waals surface area contributed by atoms with E-state index in [9.17, 15) is 5.11 Å². The van der Waals surface area contributed by atoms with Crippen LogP contribution < -0.4 is 4.90 Å². The first-order valence-electron chi connectivity index (χ1n) is 7.69. The molecule has 0 aromatic heterocycles. The van der Waals surface area contributed by atoms with E-state index in [1.807, 2.05) is 31.2 Å². The van der Waals surface area contributed by atoms with E-state index in [2.05, 4.69) is 11.0 Å². The highest BCUT2D eigenvalue weighted by Gasteiger charge is 2.44. The summed E-state index contributed by atoms with van der Waals surface area (Å²) in [4.78, 5) is 2.37. The van der Waals surface area contributed by atoms with Crippen LogP contribution in [0.3, 0.4) is 0 Å². The SMILES string of the molecule is CC1(O)CCOCC1C1CCCN1c1ccc(C#N)cc1. The zero-order valence-corrected chi connectivity index (χ0v) is 12.5. The summed E-state index contributed by atoms with van der Waals surface area (Å²) in [6.45, 7) is 4.22. The van der Waals surface area contributed by atoms with E-state index in [0.717, 1.165) is 25.1 Å². The van der Waals surface area contributed by atoms with E-state index in [0.29, 0.717) is 31.2 Å². The zero-order valence-electron chi connectivity index (χ0n) is 12.5. The van der Waals surface area contributed by atoms with Crippen molar-refractivity contribution in [2.75, 3.05) is 24.7 Å². The Balaban J connectivity index is 1.83. The quantitative estimate of drug-likeness (QED) is 0.906. The third kappa shape index (κ3) is 2.76. The van der Waals surface area contributed by atoms with Gasteiger partial charge in [0.1, 0.15) is 0 Å². The van der Waals surface area contributed by atoms with Crippen molar-refractivity contribution in [3.05, 3.63) is 29.8 Å². The minimum absolute atomic E-state index is 0.143. The van der Waals surface area contributed by atoms with Gasteiger partial charge in [-0.05, 0) is 50.5 Å². The standard InChI is InChI=1S/C17H22N2O2/c1-17(20)8-10-21-12-15(17)16-3-2-9-19(16)14-6-4-13(11-18)5-7-14/h4-7,15-16,20H,2-3,8-10,12H2,1H3. The Hall–Kier alpha value is -1.57. The predicted octanol–water partition coefficient (Wildman–Crippen LogP) is 2.31. The van der Waals surface area contributed by atoms with Crippen LogP contribution in [0.25, 0.3) is 0 Å². The number of ether oxygens (including phenoxy) is 1. The van der Waals surface area contributed by atoms with E-state index in [-0.39, 0.29) is 5.92 Å². The van der Waals surface area contributed by atoms with Crippen molar-refractivity contribution in [2.24, 2.45) is 5.92 Å². The second kappa shape index (κ2) is 5.67. The number of benzene rings is 1. The van der Waals surface area contributed by atoms with Gasteiger partial charge in [-0.15, -0.1) is 0 Å². The molecule has 0 aliphatic carbocycles. The van der Waals surface area contributed by atoms with Crippen LogP contribution in [-0.4, -0.2) is 36.5 Å². The average Bonchev–Trinajstić information content (AvgIpc) is 2.96. The number of nitriles is 1. The molecule has 0 amide bonds. The summed E-state index contributed by atoms with van der Waals surface area (Å²) in [5.41, 5.74) is 1.17. The molecular weight excluding hydrogens is 264 g/mol. The number of anilines is 1. The molecule has 0 spiro atoms. The molecule has 0 radical (unpaired) electrons. The monoisotopic (exact) mass is 286 g/mol. The molecule has 2 saturated heterocycles. The fourth-order valence-corrected chi connectivity index (χ4v) is 3.64. The maximum absolute atomic E-state index is 10.7. The van der Waals surface area contributed by atoms with Gasteiger partial charge in [-0.2, -0.15) is 5.26 Å². The van der Waals surface area contributed by atoms with Gasteiger partial charge >= 0.3 is 0 Å². The van der Waals surface area contributed by atoms with Crippen LogP contribution in [0.5, 0.6) is 0 Å². The van der Waals surface area contributed by atoms with Crippen LogP contribution in [0.2, 0.25) is 0 Å². The number of hydrogen-bond acceptors (Lipinski definition) is 4. The molecule has 3 rings (SSSR count). The van der Waals surface area contributed by atoms with Crippen molar-refractivity contribution < 1.29 is 9.84 Å². The van der Waals surface area contributed by atoms with Gasteiger partial charge in [0.25, 0.3) is 0 Å². The molecule has 1 aromatic carbocycles. The van der Waals surface area contributed by atoms with Gasteiger partial charge < -0.3 is 14.7 Å². The third-order valence-corrected chi connectivity index (χ3v) is 4.94. The van der Waals surface area contributed by atoms with Crippen LogP contribution >= 0.6 is 0 Å². The smallest absolute Gasteiger partial charge is 0.0991 e. The Morgan fingerprint density at radius 1 is 1.38 bits per heavy atom. The Labute approximate surface area is 125 Å². The maximum atomic E-state index is 10.7. The molecule has 2 aliphatic rings. The average molecular weight is 286 g/mol. The largest absolute Gasteiger partial charge is 0.390 e. The molecule has 4 nitrogen and oxygen atoms in total. The summed E-state index contributed by atoms with van der Waals surface area (Å²) in [5, 5.41) is 19.6. The van der Waals surface area contributed by atoms with Gasteiger partial charge in [0.05, 0.1) is 23.8 Å². The molecule has 21 heavy (non-hydrogen) atoms. The van der Waals surface area contributed by atoms with Crippen molar-refractivity contribution in [2.45, 2.75) is 37.8 Å². The molecule has 2 heterocycles. The fourth-order valence-electron chi connectivity index (χ4n) is 3.64. The van der Waals surface area contributed by atoms with Crippen LogP contribution in [0.4, 0.5) is 5.69 Å². The molecule has 3 atom stereocenters. The summed E-state index contributed by atoms with van der Waals surface area (Å²) in [6, 6.07) is 10.2. The first-order chi connectivity index (χ1) is 10.1. The number of rotatable bonds is 2. The van der Waals surface area contributed by atoms with Crippen LogP contribution in [0.1, 0.15) is 31.7 Å². The molecule has 0 bridgehead atoms. The molecule has 112 valence electrons. The van der Waals surface area contributed by atoms with E-state index in [4.69, 9.17) is 10.00 Å². The number of aliphatic hydroxyl groups is 1. The first kappa shape index (κ1) is 14.4. The maximum Gasteiger partial charge on any atom is 0.0991 e. The molecule has 0 saturated carbocycles. The van der Waals surface area contributed by atoms with Gasteiger partial charge in [0.2, 0.25) is 0 Å². The number of hydrogen-bond donors (Lipinski definition) is 1. The highest BCUT2D eigenvalue weighted by Crippen LogP contribution is 2.38. The van der Waals surface area contributed by atoms with Gasteiger partial charge in [-0.25, -0.2) is 0 Å². The lowest BCUT2D eigenvalue weighted by molar-refractivity contribution is -0.108. The van der Waals surface area contributed by atoms with Crippen LogP contribution in [0.15, 0.2) is 24.3 Å². The first-order valence-corrected chi connectivity index (χ1v) is 7.69. The lowest BCUT2D eigenvalue weighted by Crippen LogP contribution is -2.52. The van der Waals surface area contributed by atoms with Gasteiger partial charge in [0, 0.05) is 30.8 Å². The van der Waals surface area contributed by atoms with Gasteiger partial charge in [-0.1, -0.05) is 0 Å². The normalized spacial score (nSPS) is 32.9. The van der Waals surface area contributed by atoms with Crippen LogP contribution in [0, 0.1) is 17.2 Å². The molecule has 4 heteroatoms. The van der Waals surface area contributed by atoms with Crippen molar-refractivity contribution in [3.63, 3.8) is 0 Å². The van der Waals surface area contributed by atoms with Crippen molar-refractivity contribution >= 4 is 5.69 Å². The molecule has 1 aromatic rings. The topological polar surface area (TPSA) is 56.5 Å². The van der Waals surface area contributed by atoms with Crippen LogP contribution in [-0.2, 0) is 4.74 Å². The van der Waals surface area contributed by atoms with Gasteiger partial charge in [-0.3, -0.25) is 0 Å². The molecule has 2 fully saturated rings. The van der Waals surface area contributed by atoms with E-state index in [1.165, 1.54) is 0 Å². The minimum Gasteiger partial charge on any atom is -0.390 e. The minimum atomic E-state index is -0.655. The van der Waals surface area contributed by atoms with Crippen molar-refractivity contribution in [3.8, 4) is 6.07 Å². The van der Waals surface area contributed by atoms with E-state index in [1.54, 1.807) is 0 Å². The highest BCUT2D eigenvalue weighted by molar-refractivity contribution is 5.51. The zero-order chi connectivity index (χ0) is 14.9. The molecule has 1 N–H and O–H groups in total. The van der Waals surface area contributed by atoms with Gasteiger partial charge in [0.15, 0.2) is 0 Å². The second-order valence-corrected chi connectivity index (χ2v) is 6.35. The summed E-state index contributed by atoms with van der Waals surface area (Å²) >= 11 is 0. The Morgan fingerprint density at radius 3 is 2.81 bits per heavy atom. The Kier molecular flexibility index (Phi) is 3.88. The second-order valence-electron chi connectivity index (χ2n) is 6.35. The fraction of sp³-hybridized carbons (Fsp3) is 0.588. The van der Waals surface area contributed by atoms with Crippen molar-refractivity contribution in [1.29, 1.82) is 5.26 Å². The molecule has 2 aliphatic heterocycles. The number of nitrogens with zero attached hydrogens (tertiary/aromatic N) is 2. The summed E-state index contributed by atoms with van der Waals surface area (Å²) < 4.78 is 5.62. The molecule has 3 unspecified atom stereocenters. The summed E-state index contributed by atoms with van der Waals surface area (Å²) in [5.74, 6) is 0.143. The highest BCUT2D eigenvalue weighted by atomic mass is 16.5. The van der Waals surface area contributed by atoms with E-state index >= 15 is 0 Å². The summed E-state index contributed by atoms with van der Waals surface area (Å²) in [7, 11) is 0. The third-order valence-electron chi connectivity index (χ3n) is 4.94.